The van der Waals surface area contributed by atoms with E-state index in [1.165, 1.54) is 4.57 Å². The maximum Gasteiger partial charge on any atom is 0.337 e. The third kappa shape index (κ3) is 4.81. The maximum atomic E-state index is 13.8. The van der Waals surface area contributed by atoms with Crippen molar-refractivity contribution in [1.82, 2.24) is 14.0 Å². The molecule has 2 aromatic heterocycles. The van der Waals surface area contributed by atoms with Gasteiger partial charge in [-0.1, -0.05) is 35.9 Å². The lowest BCUT2D eigenvalue weighted by molar-refractivity contribution is -0.116. The lowest BCUT2D eigenvalue weighted by Crippen LogP contribution is -2.40. The molecule has 38 heavy (non-hydrogen) atoms. The number of nitrogens with zero attached hydrogens (tertiary/aromatic N) is 3. The number of fused-ring (bicyclic) bond motifs is 1. The zero-order valence-electron chi connectivity index (χ0n) is 22.5. The Morgan fingerprint density at radius 2 is 1.55 bits per heavy atom. The molecule has 9 heteroatoms. The molecule has 0 atom stereocenters. The van der Waals surface area contributed by atoms with Crippen LogP contribution in [0.1, 0.15) is 45.8 Å². The molecule has 1 N–H and O–H groups in total. The largest absolute Gasteiger partial charge is 0.338 e. The molecule has 0 radical (unpaired) electrons. The summed E-state index contributed by atoms with van der Waals surface area (Å²) in [7, 11) is 0. The number of anilines is 1. The average Bonchev–Trinajstić information content (AvgIpc) is 3.22. The van der Waals surface area contributed by atoms with Crippen LogP contribution in [0.2, 0.25) is 0 Å². The molecule has 0 fully saturated rings. The van der Waals surface area contributed by atoms with Gasteiger partial charge in [0.2, 0.25) is 5.91 Å². The zero-order valence-corrected chi connectivity index (χ0v) is 23.4. The zero-order chi connectivity index (χ0) is 27.7. The Hall–Kier alpha value is -3.98. The van der Waals surface area contributed by atoms with E-state index in [-0.39, 0.29) is 17.8 Å². The maximum absolute atomic E-state index is 13.8. The van der Waals surface area contributed by atoms with Gasteiger partial charge in [0.1, 0.15) is 11.4 Å². The van der Waals surface area contributed by atoms with E-state index in [1.54, 1.807) is 42.2 Å². The number of hydrogen-bond acceptors (Lipinski definition) is 5. The summed E-state index contributed by atoms with van der Waals surface area (Å²) in [5.41, 5.74) is 3.38. The van der Waals surface area contributed by atoms with Gasteiger partial charge in [-0.25, -0.2) is 9.36 Å². The van der Waals surface area contributed by atoms with Crippen LogP contribution in [0.25, 0.3) is 15.9 Å². The van der Waals surface area contributed by atoms with Crippen LogP contribution in [0.15, 0.2) is 52.1 Å². The first kappa shape index (κ1) is 27.1. The van der Waals surface area contributed by atoms with Gasteiger partial charge in [-0.15, -0.1) is 11.3 Å². The second kappa shape index (κ2) is 10.8. The summed E-state index contributed by atoms with van der Waals surface area (Å²) in [6, 6.07) is 12.6. The standard InChI is InChI=1S/C29H32N4O4S/c1-7-31(8-2)27(36)25-20(6)23-26(35)33(21-12-10-9-11-13-21)29(37)32(28(23)38-25)16-22(34)30-24-18(4)14-17(3)15-19(24)5/h9-15H,7-8,16H2,1-6H3,(H,30,34). The minimum Gasteiger partial charge on any atom is -0.338 e. The molecule has 2 aromatic carbocycles. The van der Waals surface area contributed by atoms with E-state index in [4.69, 9.17) is 0 Å². The Bertz CT molecular complexity index is 1640. The summed E-state index contributed by atoms with van der Waals surface area (Å²) in [6.45, 7) is 12.1. The third-order valence-corrected chi connectivity index (χ3v) is 8.02. The molecule has 0 aliphatic rings. The predicted octanol–water partition coefficient (Wildman–Crippen LogP) is 4.57. The number of carbonyl (C=O) groups is 2. The Labute approximate surface area is 225 Å². The molecule has 0 unspecified atom stereocenters. The topological polar surface area (TPSA) is 93.4 Å². The van der Waals surface area contributed by atoms with Crippen molar-refractivity contribution in [3.63, 3.8) is 0 Å². The van der Waals surface area contributed by atoms with Gasteiger partial charge in [-0.2, -0.15) is 0 Å². The van der Waals surface area contributed by atoms with Gasteiger partial charge in [0.05, 0.1) is 16.0 Å². The van der Waals surface area contributed by atoms with E-state index in [2.05, 4.69) is 5.32 Å². The number of aryl methyl sites for hydroxylation is 4. The second-order valence-corrected chi connectivity index (χ2v) is 10.4. The number of hydrogen-bond donors (Lipinski definition) is 1. The molecule has 198 valence electrons. The van der Waals surface area contributed by atoms with Gasteiger partial charge >= 0.3 is 5.69 Å². The van der Waals surface area contributed by atoms with Gasteiger partial charge in [-0.05, 0) is 70.4 Å². The van der Waals surface area contributed by atoms with Gasteiger partial charge in [0.15, 0.2) is 0 Å². The molecular weight excluding hydrogens is 500 g/mol. The van der Waals surface area contributed by atoms with Crippen LogP contribution < -0.4 is 16.6 Å². The molecule has 0 bridgehead atoms. The van der Waals surface area contributed by atoms with Crippen LogP contribution in [-0.4, -0.2) is 38.9 Å². The number of nitrogens with one attached hydrogen (secondary N) is 1. The highest BCUT2D eigenvalue weighted by Crippen LogP contribution is 2.30. The Morgan fingerprint density at radius 1 is 0.947 bits per heavy atom. The molecule has 0 aliphatic heterocycles. The van der Waals surface area contributed by atoms with Crippen molar-refractivity contribution in [2.24, 2.45) is 0 Å². The first-order valence-corrected chi connectivity index (χ1v) is 13.4. The van der Waals surface area contributed by atoms with Crippen molar-refractivity contribution >= 4 is 39.1 Å². The number of benzene rings is 2. The van der Waals surface area contributed by atoms with E-state index >= 15 is 0 Å². The van der Waals surface area contributed by atoms with Crippen molar-refractivity contribution in [3.05, 3.63) is 90.4 Å². The number of aromatic nitrogens is 2. The second-order valence-electron chi connectivity index (χ2n) is 9.38. The van der Waals surface area contributed by atoms with Crippen LogP contribution in [0.4, 0.5) is 5.69 Å². The molecule has 4 rings (SSSR count). The van der Waals surface area contributed by atoms with Crippen LogP contribution in [0.5, 0.6) is 0 Å². The highest BCUT2D eigenvalue weighted by molar-refractivity contribution is 7.20. The van der Waals surface area contributed by atoms with Crippen LogP contribution in [0, 0.1) is 27.7 Å². The molecule has 2 amide bonds. The number of thiophene rings is 1. The smallest absolute Gasteiger partial charge is 0.337 e. The first-order chi connectivity index (χ1) is 18.1. The molecule has 0 aliphatic carbocycles. The van der Waals surface area contributed by atoms with E-state index < -0.39 is 17.2 Å². The fraction of sp³-hybridized carbons (Fsp3) is 0.310. The molecule has 8 nitrogen and oxygen atoms in total. The van der Waals surface area contributed by atoms with Crippen LogP contribution in [0.3, 0.4) is 0 Å². The molecule has 2 heterocycles. The summed E-state index contributed by atoms with van der Waals surface area (Å²) in [5, 5.41) is 3.21. The SMILES string of the molecule is CCN(CC)C(=O)c1sc2c(c1C)c(=O)n(-c1ccccc1)c(=O)n2CC(=O)Nc1c(C)cc(C)cc1C. The van der Waals surface area contributed by atoms with Crippen LogP contribution in [-0.2, 0) is 11.3 Å². The minimum atomic E-state index is -0.635. The predicted molar refractivity (Wildman–Crippen MR) is 153 cm³/mol. The van der Waals surface area contributed by atoms with E-state index in [1.807, 2.05) is 46.8 Å². The van der Waals surface area contributed by atoms with E-state index in [0.717, 1.165) is 32.6 Å². The number of rotatable bonds is 7. The van der Waals surface area contributed by atoms with Gasteiger partial charge in [0.25, 0.3) is 11.5 Å². The molecule has 0 saturated heterocycles. The Morgan fingerprint density at radius 3 is 2.13 bits per heavy atom. The van der Waals surface area contributed by atoms with Crippen molar-refractivity contribution in [2.75, 3.05) is 18.4 Å². The van der Waals surface area contributed by atoms with Crippen molar-refractivity contribution in [1.29, 1.82) is 0 Å². The molecule has 0 saturated carbocycles. The third-order valence-electron chi connectivity index (χ3n) is 6.71. The summed E-state index contributed by atoms with van der Waals surface area (Å²) in [4.78, 5) is 56.4. The fourth-order valence-corrected chi connectivity index (χ4v) is 6.11. The summed E-state index contributed by atoms with van der Waals surface area (Å²) in [6.07, 6.45) is 0. The van der Waals surface area contributed by atoms with Crippen molar-refractivity contribution in [2.45, 2.75) is 48.1 Å². The quantitative estimate of drug-likeness (QED) is 0.377. The lowest BCUT2D eigenvalue weighted by atomic mass is 10.1. The Kier molecular flexibility index (Phi) is 7.68. The molecular formula is C29H32N4O4S. The summed E-state index contributed by atoms with van der Waals surface area (Å²) in [5.74, 6) is -0.599. The van der Waals surface area contributed by atoms with Crippen molar-refractivity contribution in [3.8, 4) is 5.69 Å². The number of carbonyl (C=O) groups excluding carboxylic acids is 2. The highest BCUT2D eigenvalue weighted by Gasteiger charge is 2.26. The number of amides is 2. The minimum absolute atomic E-state index is 0.200. The lowest BCUT2D eigenvalue weighted by Gasteiger charge is -2.17. The fourth-order valence-electron chi connectivity index (χ4n) is 4.85. The Balaban J connectivity index is 1.92. The van der Waals surface area contributed by atoms with Crippen LogP contribution >= 0.6 is 11.3 Å². The number of para-hydroxylation sites is 1. The average molecular weight is 533 g/mol. The van der Waals surface area contributed by atoms with Gasteiger partial charge in [-0.3, -0.25) is 19.0 Å². The first-order valence-electron chi connectivity index (χ1n) is 12.6. The van der Waals surface area contributed by atoms with E-state index in [0.29, 0.717) is 39.7 Å². The monoisotopic (exact) mass is 532 g/mol. The summed E-state index contributed by atoms with van der Waals surface area (Å²) < 4.78 is 2.37. The summed E-state index contributed by atoms with van der Waals surface area (Å²) >= 11 is 1.08. The normalized spacial score (nSPS) is 11.1. The van der Waals surface area contributed by atoms with Gasteiger partial charge < -0.3 is 10.2 Å². The van der Waals surface area contributed by atoms with Crippen molar-refractivity contribution < 1.29 is 9.59 Å². The van der Waals surface area contributed by atoms with Gasteiger partial charge in [0, 0.05) is 18.8 Å². The van der Waals surface area contributed by atoms with E-state index in [9.17, 15) is 19.2 Å². The highest BCUT2D eigenvalue weighted by atomic mass is 32.1. The molecule has 0 spiro atoms. The molecule has 4 aromatic rings.